The Bertz CT molecular complexity index is 741. The standard InChI is InChI=1S/C19H24N2O2/c1-12-11-23-13(2)10-21(12)19(22)9-17-14(3)16-7-5-6-8-18(16)20-15(17)4/h5-8,12-13H,9-11H2,1-4H3. The Hall–Kier alpha value is -1.94. The summed E-state index contributed by atoms with van der Waals surface area (Å²) in [5, 5.41) is 1.13. The Morgan fingerprint density at radius 3 is 2.83 bits per heavy atom. The first kappa shape index (κ1) is 15.9. The van der Waals surface area contributed by atoms with Crippen molar-refractivity contribution in [1.82, 2.24) is 9.88 Å². The van der Waals surface area contributed by atoms with Gasteiger partial charge in [0.25, 0.3) is 0 Å². The molecule has 2 atom stereocenters. The van der Waals surface area contributed by atoms with E-state index in [0.29, 0.717) is 19.6 Å². The number of nitrogens with zero attached hydrogens (tertiary/aromatic N) is 2. The predicted molar refractivity (Wildman–Crippen MR) is 91.5 cm³/mol. The lowest BCUT2D eigenvalue weighted by Crippen LogP contribution is -2.50. The van der Waals surface area contributed by atoms with Gasteiger partial charge in [-0.05, 0) is 44.9 Å². The fourth-order valence-corrected chi connectivity index (χ4v) is 3.33. The topological polar surface area (TPSA) is 42.4 Å². The second-order valence-corrected chi connectivity index (χ2v) is 6.53. The first-order valence-electron chi connectivity index (χ1n) is 8.23. The molecule has 0 spiro atoms. The van der Waals surface area contributed by atoms with Gasteiger partial charge in [-0.2, -0.15) is 0 Å². The summed E-state index contributed by atoms with van der Waals surface area (Å²) >= 11 is 0. The zero-order valence-electron chi connectivity index (χ0n) is 14.3. The molecule has 0 radical (unpaired) electrons. The summed E-state index contributed by atoms with van der Waals surface area (Å²) < 4.78 is 5.62. The summed E-state index contributed by atoms with van der Waals surface area (Å²) in [7, 11) is 0. The highest BCUT2D eigenvalue weighted by molar-refractivity contribution is 5.86. The van der Waals surface area contributed by atoms with Crippen LogP contribution in [0, 0.1) is 13.8 Å². The molecule has 0 aliphatic carbocycles. The van der Waals surface area contributed by atoms with Gasteiger partial charge in [0.15, 0.2) is 0 Å². The number of aryl methyl sites for hydroxylation is 2. The van der Waals surface area contributed by atoms with Crippen molar-refractivity contribution in [3.05, 3.63) is 41.1 Å². The molecule has 1 fully saturated rings. The lowest BCUT2D eigenvalue weighted by Gasteiger charge is -2.37. The van der Waals surface area contributed by atoms with Crippen LogP contribution in [0.3, 0.4) is 0 Å². The Kier molecular flexibility index (Phi) is 4.35. The molecule has 4 nitrogen and oxygen atoms in total. The van der Waals surface area contributed by atoms with Crippen LogP contribution < -0.4 is 0 Å². The molecular weight excluding hydrogens is 288 g/mol. The number of carbonyl (C=O) groups excluding carboxylic acids is 1. The molecular formula is C19H24N2O2. The average Bonchev–Trinajstić information content (AvgIpc) is 2.53. The molecule has 122 valence electrons. The highest BCUT2D eigenvalue weighted by Gasteiger charge is 2.28. The van der Waals surface area contributed by atoms with Gasteiger partial charge in [0.05, 0.1) is 30.7 Å². The molecule has 4 heteroatoms. The van der Waals surface area contributed by atoms with Gasteiger partial charge in [-0.1, -0.05) is 18.2 Å². The van der Waals surface area contributed by atoms with Crippen molar-refractivity contribution in [3.63, 3.8) is 0 Å². The summed E-state index contributed by atoms with van der Waals surface area (Å²) in [4.78, 5) is 19.4. The van der Waals surface area contributed by atoms with E-state index in [-0.39, 0.29) is 18.1 Å². The third-order valence-electron chi connectivity index (χ3n) is 4.74. The van der Waals surface area contributed by atoms with Crippen molar-refractivity contribution in [3.8, 4) is 0 Å². The number of amides is 1. The maximum atomic E-state index is 12.8. The molecule has 2 heterocycles. The van der Waals surface area contributed by atoms with Crippen LogP contribution in [-0.4, -0.2) is 41.1 Å². The van der Waals surface area contributed by atoms with E-state index >= 15 is 0 Å². The lowest BCUT2D eigenvalue weighted by molar-refractivity contribution is -0.142. The molecule has 0 saturated carbocycles. The van der Waals surface area contributed by atoms with Gasteiger partial charge in [-0.3, -0.25) is 9.78 Å². The number of para-hydroxylation sites is 1. The predicted octanol–water partition coefficient (Wildman–Crippen LogP) is 3.03. The van der Waals surface area contributed by atoms with E-state index in [1.54, 1.807) is 0 Å². The van der Waals surface area contributed by atoms with Crippen LogP contribution in [0.2, 0.25) is 0 Å². The van der Waals surface area contributed by atoms with Gasteiger partial charge in [-0.15, -0.1) is 0 Å². The maximum Gasteiger partial charge on any atom is 0.227 e. The summed E-state index contributed by atoms with van der Waals surface area (Å²) in [5.74, 6) is 0.163. The summed E-state index contributed by atoms with van der Waals surface area (Å²) in [6, 6.07) is 8.24. The quantitative estimate of drug-likeness (QED) is 0.856. The van der Waals surface area contributed by atoms with Crippen LogP contribution in [0.15, 0.2) is 24.3 Å². The number of rotatable bonds is 2. The van der Waals surface area contributed by atoms with Gasteiger partial charge in [0.2, 0.25) is 5.91 Å². The highest BCUT2D eigenvalue weighted by Crippen LogP contribution is 2.24. The smallest absolute Gasteiger partial charge is 0.227 e. The molecule has 2 unspecified atom stereocenters. The summed E-state index contributed by atoms with van der Waals surface area (Å²) in [5.41, 5.74) is 4.16. The Labute approximate surface area is 137 Å². The monoisotopic (exact) mass is 312 g/mol. The van der Waals surface area contributed by atoms with Crippen molar-refractivity contribution in [1.29, 1.82) is 0 Å². The van der Waals surface area contributed by atoms with E-state index in [1.165, 1.54) is 0 Å². The van der Waals surface area contributed by atoms with Crippen LogP contribution in [0.1, 0.15) is 30.7 Å². The fraction of sp³-hybridized carbons (Fsp3) is 0.474. The molecule has 1 aliphatic heterocycles. The van der Waals surface area contributed by atoms with E-state index in [9.17, 15) is 4.79 Å². The van der Waals surface area contributed by atoms with Gasteiger partial charge in [0, 0.05) is 17.6 Å². The second-order valence-electron chi connectivity index (χ2n) is 6.53. The van der Waals surface area contributed by atoms with Crippen molar-refractivity contribution in [2.24, 2.45) is 0 Å². The zero-order chi connectivity index (χ0) is 16.6. The van der Waals surface area contributed by atoms with Gasteiger partial charge in [0.1, 0.15) is 0 Å². The summed E-state index contributed by atoms with van der Waals surface area (Å²) in [6.07, 6.45) is 0.513. The minimum Gasteiger partial charge on any atom is -0.375 e. The third kappa shape index (κ3) is 3.08. The van der Waals surface area contributed by atoms with Crippen molar-refractivity contribution in [2.75, 3.05) is 13.2 Å². The third-order valence-corrected chi connectivity index (χ3v) is 4.74. The lowest BCUT2D eigenvalue weighted by atomic mass is 9.98. The largest absolute Gasteiger partial charge is 0.375 e. The van der Waals surface area contributed by atoms with Gasteiger partial charge in [-0.25, -0.2) is 0 Å². The number of pyridine rings is 1. The number of fused-ring (bicyclic) bond motifs is 1. The molecule has 23 heavy (non-hydrogen) atoms. The van der Waals surface area contributed by atoms with E-state index < -0.39 is 0 Å². The molecule has 1 amide bonds. The SMILES string of the molecule is Cc1nc2ccccc2c(C)c1CC(=O)N1CC(C)OCC1C. The maximum absolute atomic E-state index is 12.8. The zero-order valence-corrected chi connectivity index (χ0v) is 14.3. The van der Waals surface area contributed by atoms with Crippen molar-refractivity contribution >= 4 is 16.8 Å². The van der Waals surface area contributed by atoms with Crippen LogP contribution in [0.5, 0.6) is 0 Å². The Balaban J connectivity index is 1.90. The molecule has 3 rings (SSSR count). The molecule has 1 aromatic heterocycles. The highest BCUT2D eigenvalue weighted by atomic mass is 16.5. The number of hydrogen-bond acceptors (Lipinski definition) is 3. The van der Waals surface area contributed by atoms with Crippen LogP contribution in [-0.2, 0) is 16.0 Å². The molecule has 1 aliphatic rings. The number of ether oxygens (including phenoxy) is 1. The van der Waals surface area contributed by atoms with Crippen LogP contribution in [0.4, 0.5) is 0 Å². The van der Waals surface area contributed by atoms with E-state index in [0.717, 1.165) is 27.7 Å². The molecule has 0 bridgehead atoms. The number of hydrogen-bond donors (Lipinski definition) is 0. The first-order chi connectivity index (χ1) is 11.0. The molecule has 0 N–H and O–H groups in total. The minimum atomic E-state index is 0.104. The first-order valence-corrected chi connectivity index (χ1v) is 8.23. The van der Waals surface area contributed by atoms with Crippen LogP contribution in [0.25, 0.3) is 10.9 Å². The van der Waals surface area contributed by atoms with Gasteiger partial charge < -0.3 is 9.64 Å². The summed E-state index contributed by atoms with van der Waals surface area (Å²) in [6.45, 7) is 9.42. The van der Waals surface area contributed by atoms with E-state index in [2.05, 4.69) is 18.0 Å². The van der Waals surface area contributed by atoms with E-state index in [4.69, 9.17) is 4.74 Å². The van der Waals surface area contributed by atoms with Crippen molar-refractivity contribution in [2.45, 2.75) is 46.3 Å². The van der Waals surface area contributed by atoms with Crippen molar-refractivity contribution < 1.29 is 9.53 Å². The number of carbonyl (C=O) groups is 1. The fourth-order valence-electron chi connectivity index (χ4n) is 3.33. The Morgan fingerprint density at radius 1 is 1.30 bits per heavy atom. The molecule has 2 aromatic rings. The van der Waals surface area contributed by atoms with Gasteiger partial charge >= 0.3 is 0 Å². The van der Waals surface area contributed by atoms with E-state index in [1.807, 2.05) is 43.9 Å². The minimum absolute atomic E-state index is 0.104. The Morgan fingerprint density at radius 2 is 2.04 bits per heavy atom. The molecule has 1 aromatic carbocycles. The second kappa shape index (κ2) is 6.28. The number of benzene rings is 1. The normalized spacial score (nSPS) is 21.7. The number of morpholine rings is 1. The van der Waals surface area contributed by atoms with Crippen LogP contribution >= 0.6 is 0 Å². The number of aromatic nitrogens is 1. The molecule has 1 saturated heterocycles. The average molecular weight is 312 g/mol.